The van der Waals surface area contributed by atoms with Crippen LogP contribution in [0.25, 0.3) is 0 Å². The van der Waals surface area contributed by atoms with Crippen LogP contribution in [0.15, 0.2) is 0 Å². The number of rotatable bonds is 6. The molecule has 4 aliphatic heterocycles. The van der Waals surface area contributed by atoms with Crippen molar-refractivity contribution in [2.24, 2.45) is 52.3 Å². The van der Waals surface area contributed by atoms with Crippen molar-refractivity contribution in [1.82, 2.24) is 20.0 Å². The lowest BCUT2D eigenvalue weighted by Crippen LogP contribution is -2.56. The van der Waals surface area contributed by atoms with Crippen molar-refractivity contribution in [2.75, 3.05) is 59.1 Å². The van der Waals surface area contributed by atoms with Gasteiger partial charge >= 0.3 is 0 Å². The van der Waals surface area contributed by atoms with E-state index in [0.717, 1.165) is 82.6 Å². The fraction of sp³-hybridized carbons (Fsp3) is 0.951. The zero-order chi connectivity index (χ0) is 34.8. The van der Waals surface area contributed by atoms with Gasteiger partial charge in [-0.15, -0.1) is 0 Å². The molecule has 1 spiro atoms. The molecule has 1 unspecified atom stereocenters. The largest absolute Gasteiger partial charge is 0.353 e. The van der Waals surface area contributed by atoms with Gasteiger partial charge in [0.05, 0.1) is 12.7 Å². The van der Waals surface area contributed by atoms with Crippen molar-refractivity contribution in [2.45, 2.75) is 135 Å². The van der Waals surface area contributed by atoms with Crippen molar-refractivity contribution in [3.05, 3.63) is 0 Å². The summed E-state index contributed by atoms with van der Waals surface area (Å²) in [6.07, 6.45) is 14.5. The summed E-state index contributed by atoms with van der Waals surface area (Å²) in [5.74, 6) is 4.23. The molecule has 4 aliphatic carbocycles. The first-order valence-corrected chi connectivity index (χ1v) is 20.9. The average Bonchev–Trinajstić information content (AvgIpc) is 3.56. The van der Waals surface area contributed by atoms with E-state index in [9.17, 15) is 14.0 Å². The number of piperazine rings is 1. The molecule has 4 saturated heterocycles. The van der Waals surface area contributed by atoms with Crippen LogP contribution in [0.5, 0.6) is 0 Å². The van der Waals surface area contributed by atoms with E-state index in [0.29, 0.717) is 66.3 Å². The minimum absolute atomic E-state index is 0.0264. The van der Waals surface area contributed by atoms with Crippen LogP contribution >= 0.6 is 0 Å². The molecule has 8 aliphatic rings. The van der Waals surface area contributed by atoms with Crippen molar-refractivity contribution >= 4 is 11.8 Å². The van der Waals surface area contributed by atoms with Crippen LogP contribution in [-0.4, -0.2) is 110 Å². The van der Waals surface area contributed by atoms with Gasteiger partial charge in [0, 0.05) is 57.1 Å². The smallest absolute Gasteiger partial charge is 0.232 e. The number of halogens is 1. The molecule has 0 aromatic carbocycles. The normalized spacial score (nSPS) is 47.0. The molecule has 9 heteroatoms. The average molecular weight is 699 g/mol. The van der Waals surface area contributed by atoms with Crippen LogP contribution in [0.1, 0.15) is 111 Å². The highest BCUT2D eigenvalue weighted by Gasteiger charge is 2.69. The summed E-state index contributed by atoms with van der Waals surface area (Å²) >= 11 is 0. The first-order chi connectivity index (χ1) is 24.0. The van der Waals surface area contributed by atoms with Gasteiger partial charge in [0.1, 0.15) is 13.1 Å². The first kappa shape index (κ1) is 35.7. The van der Waals surface area contributed by atoms with Crippen LogP contribution in [0.3, 0.4) is 0 Å². The number of amides is 2. The van der Waals surface area contributed by atoms with Gasteiger partial charge < -0.3 is 24.6 Å². The highest BCUT2D eigenvalue weighted by Crippen LogP contribution is 2.71. The SMILES string of the molecule is C[C@H]1CC[C@@]2(OC1)O[C@H]1C[C@H]3[C@@H]4CC[C@@H]5C[C@H](NC(=O)CC(=O)N6CCN(C7CCN(CCF)CC7)CC6)CC[C@]5(C)C4CC[C@]3(C)[C@H]1[C@@H]2C. The second-order valence-electron chi connectivity index (χ2n) is 19.1. The molecule has 4 heterocycles. The number of piperidine rings is 1. The Bertz CT molecular complexity index is 1240. The van der Waals surface area contributed by atoms with E-state index in [2.05, 4.69) is 42.8 Å². The Balaban J connectivity index is 0.812. The number of hydrogen-bond donors (Lipinski definition) is 1. The summed E-state index contributed by atoms with van der Waals surface area (Å²) in [6.45, 7) is 16.2. The summed E-state index contributed by atoms with van der Waals surface area (Å²) in [4.78, 5) is 33.0. The number of carbonyl (C=O) groups excluding carboxylic acids is 2. The zero-order valence-electron chi connectivity index (χ0n) is 31.7. The summed E-state index contributed by atoms with van der Waals surface area (Å²) < 4.78 is 26.3. The molecular weight excluding hydrogens is 631 g/mol. The van der Waals surface area contributed by atoms with Crippen LogP contribution in [0.4, 0.5) is 4.39 Å². The van der Waals surface area contributed by atoms with Gasteiger partial charge in [-0.2, -0.15) is 0 Å². The van der Waals surface area contributed by atoms with E-state index in [1.54, 1.807) is 0 Å². The molecule has 2 amide bonds. The van der Waals surface area contributed by atoms with Gasteiger partial charge in [0.15, 0.2) is 5.79 Å². The number of fused-ring (bicyclic) bond motifs is 7. The number of nitrogens with zero attached hydrogens (tertiary/aromatic N) is 3. The van der Waals surface area contributed by atoms with E-state index in [4.69, 9.17) is 9.47 Å². The van der Waals surface area contributed by atoms with Crippen LogP contribution < -0.4 is 5.32 Å². The topological polar surface area (TPSA) is 74.3 Å². The number of ether oxygens (including phenoxy) is 2. The number of carbonyl (C=O) groups is 2. The quantitative estimate of drug-likeness (QED) is 0.349. The van der Waals surface area contributed by atoms with Crippen molar-refractivity contribution < 1.29 is 23.5 Å². The van der Waals surface area contributed by atoms with E-state index in [1.165, 1.54) is 44.9 Å². The second-order valence-corrected chi connectivity index (χ2v) is 19.1. The zero-order valence-corrected chi connectivity index (χ0v) is 31.7. The minimum atomic E-state index is -0.338. The Kier molecular flexibility index (Phi) is 9.89. The fourth-order valence-electron chi connectivity index (χ4n) is 13.9. The molecule has 0 bridgehead atoms. The van der Waals surface area contributed by atoms with Crippen molar-refractivity contribution in [1.29, 1.82) is 0 Å². The van der Waals surface area contributed by atoms with Gasteiger partial charge in [0.25, 0.3) is 0 Å². The number of alkyl halides is 1. The molecule has 0 aromatic rings. The molecule has 1 N–H and O–H groups in total. The Hall–Kier alpha value is -1.29. The molecule has 8 rings (SSSR count). The predicted octanol–water partition coefficient (Wildman–Crippen LogP) is 5.89. The lowest BCUT2D eigenvalue weighted by atomic mass is 9.44. The highest BCUT2D eigenvalue weighted by atomic mass is 19.1. The highest BCUT2D eigenvalue weighted by molar-refractivity contribution is 5.97. The molecule has 0 radical (unpaired) electrons. The number of hydrogen-bond acceptors (Lipinski definition) is 6. The maximum absolute atomic E-state index is 13.2. The predicted molar refractivity (Wildman–Crippen MR) is 192 cm³/mol. The summed E-state index contributed by atoms with van der Waals surface area (Å²) in [7, 11) is 0. The third-order valence-corrected chi connectivity index (χ3v) is 16.8. The summed E-state index contributed by atoms with van der Waals surface area (Å²) in [5, 5.41) is 3.34. The Morgan fingerprint density at radius 2 is 1.60 bits per heavy atom. The molecule has 12 atom stereocenters. The van der Waals surface area contributed by atoms with Crippen LogP contribution in [0, 0.1) is 52.3 Å². The third kappa shape index (κ3) is 6.18. The molecule has 4 saturated carbocycles. The Labute approximate surface area is 301 Å². The molecule has 50 heavy (non-hydrogen) atoms. The number of likely N-dealkylation sites (tertiary alicyclic amines) is 1. The van der Waals surface area contributed by atoms with E-state index < -0.39 is 0 Å². The molecule has 0 aromatic heterocycles. The third-order valence-electron chi connectivity index (χ3n) is 16.8. The van der Waals surface area contributed by atoms with E-state index in [-0.39, 0.29) is 36.7 Å². The van der Waals surface area contributed by atoms with Crippen LogP contribution in [0.2, 0.25) is 0 Å². The van der Waals surface area contributed by atoms with Gasteiger partial charge in [-0.05, 0) is 130 Å². The van der Waals surface area contributed by atoms with Crippen LogP contribution in [-0.2, 0) is 19.1 Å². The standard InChI is InChI=1S/C41H67FN4O4/c1-27-7-14-41(49-26-27)28(2)38-35(50-41)24-34-32-6-5-29-23-30(8-12-39(29,3)33(32)9-13-40(34,38)4)43-36(47)25-37(48)46-21-19-45(20-22-46)31-10-16-44(17-11-31)18-15-42/h27-35,38H,5-26H2,1-4H3,(H,43,47)/t27-,28-,29+,30+,32+,33?,34-,35-,38-,39-,40-,41+/m0/s1. The molecular formula is C41H67FN4O4. The Morgan fingerprint density at radius 3 is 2.32 bits per heavy atom. The van der Waals surface area contributed by atoms with Gasteiger partial charge in [-0.3, -0.25) is 14.5 Å². The van der Waals surface area contributed by atoms with Gasteiger partial charge in [0.2, 0.25) is 11.8 Å². The maximum Gasteiger partial charge on any atom is 0.232 e. The van der Waals surface area contributed by atoms with Gasteiger partial charge in [-0.1, -0.05) is 27.7 Å². The van der Waals surface area contributed by atoms with E-state index >= 15 is 0 Å². The van der Waals surface area contributed by atoms with E-state index in [1.807, 2.05) is 4.90 Å². The lowest BCUT2D eigenvalue weighted by Gasteiger charge is -2.61. The Morgan fingerprint density at radius 1 is 0.840 bits per heavy atom. The maximum atomic E-state index is 13.2. The number of nitrogens with one attached hydrogen (secondary N) is 1. The fourth-order valence-corrected chi connectivity index (χ4v) is 13.9. The van der Waals surface area contributed by atoms with Crippen molar-refractivity contribution in [3.8, 4) is 0 Å². The lowest BCUT2D eigenvalue weighted by molar-refractivity contribution is -0.273. The van der Waals surface area contributed by atoms with Gasteiger partial charge in [-0.25, -0.2) is 4.39 Å². The molecule has 8 fully saturated rings. The summed E-state index contributed by atoms with van der Waals surface area (Å²) in [6, 6.07) is 0.716. The van der Waals surface area contributed by atoms with Crippen molar-refractivity contribution in [3.63, 3.8) is 0 Å². The first-order valence-electron chi connectivity index (χ1n) is 20.9. The molecule has 282 valence electrons. The summed E-state index contributed by atoms with van der Waals surface area (Å²) in [5.41, 5.74) is 0.697. The minimum Gasteiger partial charge on any atom is -0.353 e. The second kappa shape index (κ2) is 13.8. The molecule has 8 nitrogen and oxygen atoms in total. The monoisotopic (exact) mass is 699 g/mol.